The molecular formula is C18H26N2O4. The summed E-state index contributed by atoms with van der Waals surface area (Å²) < 4.78 is 11.4. The smallest absolute Gasteiger partial charge is 0.263 e. The molecule has 0 aromatic carbocycles. The van der Waals surface area contributed by atoms with E-state index in [1.807, 2.05) is 11.8 Å². The summed E-state index contributed by atoms with van der Waals surface area (Å²) in [6.45, 7) is 5.69. The molecule has 0 bridgehead atoms. The molecule has 1 spiro atoms. The fourth-order valence-corrected chi connectivity index (χ4v) is 3.89. The van der Waals surface area contributed by atoms with Crippen LogP contribution in [-0.2, 0) is 9.53 Å². The van der Waals surface area contributed by atoms with Crippen molar-refractivity contribution < 1.29 is 19.4 Å². The molecule has 1 saturated carbocycles. The number of pyridine rings is 1. The molecule has 1 saturated heterocycles. The van der Waals surface area contributed by atoms with E-state index >= 15 is 0 Å². The van der Waals surface area contributed by atoms with Gasteiger partial charge in [0, 0.05) is 37.7 Å². The third-order valence-corrected chi connectivity index (χ3v) is 5.41. The number of ether oxygens (including phenoxy) is 2. The Bertz CT molecular complexity index is 555. The number of aliphatic hydroxyl groups excluding tert-OH is 1. The summed E-state index contributed by atoms with van der Waals surface area (Å²) in [7, 11) is 0. The first-order chi connectivity index (χ1) is 11.6. The Labute approximate surface area is 142 Å². The van der Waals surface area contributed by atoms with Gasteiger partial charge in [0.1, 0.15) is 5.75 Å². The molecule has 1 amide bonds. The van der Waals surface area contributed by atoms with E-state index in [0.717, 1.165) is 12.8 Å². The van der Waals surface area contributed by atoms with Crippen LogP contribution in [0.3, 0.4) is 0 Å². The van der Waals surface area contributed by atoms with E-state index in [-0.39, 0.29) is 23.5 Å². The molecule has 0 radical (unpaired) electrons. The first-order valence-corrected chi connectivity index (χ1v) is 8.72. The van der Waals surface area contributed by atoms with Gasteiger partial charge < -0.3 is 19.5 Å². The van der Waals surface area contributed by atoms with E-state index < -0.39 is 6.10 Å². The molecule has 132 valence electrons. The van der Waals surface area contributed by atoms with Crippen molar-refractivity contribution in [1.82, 2.24) is 9.88 Å². The second-order valence-corrected chi connectivity index (χ2v) is 6.70. The zero-order valence-electron chi connectivity index (χ0n) is 14.4. The predicted molar refractivity (Wildman–Crippen MR) is 88.6 cm³/mol. The fourth-order valence-electron chi connectivity index (χ4n) is 3.89. The van der Waals surface area contributed by atoms with Gasteiger partial charge in [0.05, 0.1) is 18.4 Å². The third kappa shape index (κ3) is 3.13. The molecule has 2 aliphatic rings. The number of aromatic nitrogens is 1. The molecule has 3 rings (SSSR count). The minimum absolute atomic E-state index is 0.0181. The van der Waals surface area contributed by atoms with Crippen molar-refractivity contribution in [3.05, 3.63) is 24.5 Å². The van der Waals surface area contributed by atoms with E-state index in [0.29, 0.717) is 31.9 Å². The molecular weight excluding hydrogens is 308 g/mol. The Hall–Kier alpha value is -1.66. The number of hydrogen-bond acceptors (Lipinski definition) is 5. The van der Waals surface area contributed by atoms with Crippen LogP contribution >= 0.6 is 0 Å². The molecule has 24 heavy (non-hydrogen) atoms. The Morgan fingerprint density at radius 1 is 1.50 bits per heavy atom. The Balaban J connectivity index is 1.55. The zero-order valence-corrected chi connectivity index (χ0v) is 14.4. The number of carbonyl (C=O) groups is 1. The second kappa shape index (κ2) is 7.07. The second-order valence-electron chi connectivity index (χ2n) is 6.70. The van der Waals surface area contributed by atoms with Gasteiger partial charge in [-0.2, -0.15) is 0 Å². The van der Waals surface area contributed by atoms with Gasteiger partial charge in [0.25, 0.3) is 5.91 Å². The molecule has 6 nitrogen and oxygen atoms in total. The van der Waals surface area contributed by atoms with Crippen LogP contribution in [0.5, 0.6) is 5.75 Å². The molecule has 6 heteroatoms. The van der Waals surface area contributed by atoms with E-state index in [4.69, 9.17) is 9.47 Å². The largest absolute Gasteiger partial charge is 0.479 e. The minimum Gasteiger partial charge on any atom is -0.479 e. The van der Waals surface area contributed by atoms with Crippen LogP contribution in [0.1, 0.15) is 33.1 Å². The number of piperidine rings is 1. The summed E-state index contributed by atoms with van der Waals surface area (Å²) >= 11 is 0. The maximum Gasteiger partial charge on any atom is 0.263 e. The van der Waals surface area contributed by atoms with Crippen molar-refractivity contribution in [3.8, 4) is 5.75 Å². The maximum atomic E-state index is 12.6. The number of hydrogen-bond donors (Lipinski definition) is 1. The lowest BCUT2D eigenvalue weighted by Gasteiger charge is -2.56. The van der Waals surface area contributed by atoms with Gasteiger partial charge in [-0.05, 0) is 38.8 Å². The SMILES string of the molecule is CCOC1CC(O)C12CCN(C(=O)C(C)Oc1cccnc1)CC2. The summed E-state index contributed by atoms with van der Waals surface area (Å²) in [6, 6.07) is 3.57. The number of carbonyl (C=O) groups excluding carboxylic acids is 1. The molecule has 2 heterocycles. The van der Waals surface area contributed by atoms with E-state index in [1.165, 1.54) is 0 Å². The van der Waals surface area contributed by atoms with Crippen LogP contribution < -0.4 is 4.74 Å². The van der Waals surface area contributed by atoms with E-state index in [2.05, 4.69) is 4.98 Å². The summed E-state index contributed by atoms with van der Waals surface area (Å²) in [5.74, 6) is 0.577. The normalized spacial score (nSPS) is 26.7. The van der Waals surface area contributed by atoms with Gasteiger partial charge in [0.15, 0.2) is 6.10 Å². The van der Waals surface area contributed by atoms with Crippen molar-refractivity contribution in [1.29, 1.82) is 0 Å². The minimum atomic E-state index is -0.544. The number of rotatable bonds is 5. The van der Waals surface area contributed by atoms with E-state index in [1.54, 1.807) is 31.5 Å². The number of likely N-dealkylation sites (tertiary alicyclic amines) is 1. The standard InChI is InChI=1S/C18H26N2O4/c1-3-23-16-11-15(21)18(16)6-9-20(10-7-18)17(22)13(2)24-14-5-4-8-19-12-14/h4-5,8,12-13,15-16,21H,3,6-7,9-11H2,1-2H3. The maximum absolute atomic E-state index is 12.6. The van der Waals surface area contributed by atoms with Crippen LogP contribution in [0.15, 0.2) is 24.5 Å². The quantitative estimate of drug-likeness (QED) is 0.886. The summed E-state index contributed by atoms with van der Waals surface area (Å²) in [5, 5.41) is 10.2. The highest BCUT2D eigenvalue weighted by Crippen LogP contribution is 2.50. The monoisotopic (exact) mass is 334 g/mol. The van der Waals surface area contributed by atoms with Crippen molar-refractivity contribution in [2.24, 2.45) is 5.41 Å². The molecule has 1 aliphatic heterocycles. The predicted octanol–water partition coefficient (Wildman–Crippen LogP) is 1.63. The highest BCUT2D eigenvalue weighted by atomic mass is 16.5. The molecule has 1 N–H and O–H groups in total. The fraction of sp³-hybridized carbons (Fsp3) is 0.667. The summed E-state index contributed by atoms with van der Waals surface area (Å²) in [5.41, 5.74) is -0.166. The Morgan fingerprint density at radius 3 is 2.83 bits per heavy atom. The van der Waals surface area contributed by atoms with Gasteiger partial charge in [-0.3, -0.25) is 9.78 Å². The van der Waals surface area contributed by atoms with Gasteiger partial charge in [0.2, 0.25) is 0 Å². The number of nitrogens with zero attached hydrogens (tertiary/aromatic N) is 2. The van der Waals surface area contributed by atoms with Gasteiger partial charge in [-0.25, -0.2) is 0 Å². The average molecular weight is 334 g/mol. The van der Waals surface area contributed by atoms with E-state index in [9.17, 15) is 9.90 Å². The molecule has 2 fully saturated rings. The number of aliphatic hydroxyl groups is 1. The highest BCUT2D eigenvalue weighted by Gasteiger charge is 2.56. The van der Waals surface area contributed by atoms with Gasteiger partial charge >= 0.3 is 0 Å². The Kier molecular flexibility index (Phi) is 5.06. The Morgan fingerprint density at radius 2 is 2.25 bits per heavy atom. The molecule has 1 aliphatic carbocycles. The highest BCUT2D eigenvalue weighted by molar-refractivity contribution is 5.81. The first kappa shape index (κ1) is 17.2. The molecule has 1 aromatic rings. The van der Waals surface area contributed by atoms with Crippen molar-refractivity contribution >= 4 is 5.91 Å². The number of amides is 1. The topological polar surface area (TPSA) is 71.9 Å². The van der Waals surface area contributed by atoms with Crippen LogP contribution in [0.25, 0.3) is 0 Å². The zero-order chi connectivity index (χ0) is 17.2. The van der Waals surface area contributed by atoms with Crippen LogP contribution in [0.2, 0.25) is 0 Å². The third-order valence-electron chi connectivity index (χ3n) is 5.41. The van der Waals surface area contributed by atoms with Gasteiger partial charge in [-0.1, -0.05) is 0 Å². The van der Waals surface area contributed by atoms with Crippen LogP contribution in [0.4, 0.5) is 0 Å². The van der Waals surface area contributed by atoms with Gasteiger partial charge in [-0.15, -0.1) is 0 Å². The molecule has 3 atom stereocenters. The average Bonchev–Trinajstić information content (AvgIpc) is 2.62. The molecule has 3 unspecified atom stereocenters. The molecule has 1 aromatic heterocycles. The van der Waals surface area contributed by atoms with Crippen molar-refractivity contribution in [2.75, 3.05) is 19.7 Å². The first-order valence-electron chi connectivity index (χ1n) is 8.72. The van der Waals surface area contributed by atoms with Crippen molar-refractivity contribution in [2.45, 2.75) is 51.4 Å². The lowest BCUT2D eigenvalue weighted by molar-refractivity contribution is -0.210. The van der Waals surface area contributed by atoms with Crippen LogP contribution in [-0.4, -0.2) is 58.9 Å². The summed E-state index contributed by atoms with van der Waals surface area (Å²) in [4.78, 5) is 18.4. The lowest BCUT2D eigenvalue weighted by Crippen LogP contribution is -2.63. The lowest BCUT2D eigenvalue weighted by atomic mass is 9.58. The van der Waals surface area contributed by atoms with Crippen LogP contribution in [0, 0.1) is 5.41 Å². The summed E-state index contributed by atoms with van der Waals surface area (Å²) in [6.07, 6.45) is 4.82. The van der Waals surface area contributed by atoms with Crippen molar-refractivity contribution in [3.63, 3.8) is 0 Å².